The number of likely N-dealkylation sites (tertiary alicyclic amines) is 1. The number of anilines is 1. The maximum Gasteiger partial charge on any atom is 0.328 e. The molecular formula is C20H22N8O. The van der Waals surface area contributed by atoms with Gasteiger partial charge in [0.25, 0.3) is 0 Å². The van der Waals surface area contributed by atoms with Gasteiger partial charge >= 0.3 is 5.69 Å². The highest BCUT2D eigenvalue weighted by atomic mass is 16.1. The Morgan fingerprint density at radius 1 is 1.10 bits per heavy atom. The van der Waals surface area contributed by atoms with Crippen LogP contribution >= 0.6 is 0 Å². The molecule has 1 aliphatic heterocycles. The Hall–Kier alpha value is -3.46. The van der Waals surface area contributed by atoms with Crippen molar-refractivity contribution in [2.75, 3.05) is 18.8 Å². The molecule has 29 heavy (non-hydrogen) atoms. The third kappa shape index (κ3) is 3.40. The molecule has 1 saturated heterocycles. The highest BCUT2D eigenvalue weighted by Crippen LogP contribution is 2.20. The summed E-state index contributed by atoms with van der Waals surface area (Å²) in [6.45, 7) is 3.64. The molecule has 0 spiro atoms. The Bertz CT molecular complexity index is 1200. The van der Waals surface area contributed by atoms with Crippen LogP contribution in [0, 0.1) is 0 Å². The molecule has 1 aliphatic rings. The summed E-state index contributed by atoms with van der Waals surface area (Å²) in [4.78, 5) is 33.8. The number of imidazole rings is 2. The summed E-state index contributed by atoms with van der Waals surface area (Å²) in [5.74, 6) is 1.09. The first kappa shape index (κ1) is 17.6. The van der Waals surface area contributed by atoms with Crippen LogP contribution in [0.3, 0.4) is 0 Å². The van der Waals surface area contributed by atoms with Crippen molar-refractivity contribution in [3.05, 3.63) is 58.3 Å². The lowest BCUT2D eigenvalue weighted by molar-refractivity contribution is 0.331. The lowest BCUT2D eigenvalue weighted by Gasteiger charge is -2.15. The lowest BCUT2D eigenvalue weighted by Crippen LogP contribution is -2.19. The molecule has 3 aromatic heterocycles. The van der Waals surface area contributed by atoms with Crippen LogP contribution in [0.25, 0.3) is 22.8 Å². The number of aromatic nitrogens is 6. The van der Waals surface area contributed by atoms with Crippen LogP contribution in [0.5, 0.6) is 0 Å². The number of aromatic amines is 2. The van der Waals surface area contributed by atoms with E-state index in [9.17, 15) is 4.79 Å². The second-order valence-corrected chi connectivity index (χ2v) is 7.39. The van der Waals surface area contributed by atoms with Crippen LogP contribution in [0.15, 0.2) is 41.5 Å². The molecule has 9 heteroatoms. The second-order valence-electron chi connectivity index (χ2n) is 7.39. The van der Waals surface area contributed by atoms with E-state index in [1.807, 2.05) is 12.1 Å². The van der Waals surface area contributed by atoms with Gasteiger partial charge in [0.05, 0.1) is 6.54 Å². The molecule has 0 radical (unpaired) electrons. The quantitative estimate of drug-likeness (QED) is 0.477. The number of hydrogen-bond donors (Lipinski definition) is 3. The van der Waals surface area contributed by atoms with Crippen LogP contribution in [-0.2, 0) is 13.1 Å². The Balaban J connectivity index is 1.50. The van der Waals surface area contributed by atoms with E-state index < -0.39 is 0 Å². The van der Waals surface area contributed by atoms with Crippen molar-refractivity contribution in [1.29, 1.82) is 0 Å². The molecule has 4 N–H and O–H groups in total. The highest BCUT2D eigenvalue weighted by molar-refractivity contribution is 5.83. The van der Waals surface area contributed by atoms with Gasteiger partial charge < -0.3 is 15.7 Å². The molecule has 148 valence electrons. The summed E-state index contributed by atoms with van der Waals surface area (Å²) in [7, 11) is 0. The van der Waals surface area contributed by atoms with E-state index in [-0.39, 0.29) is 11.5 Å². The van der Waals surface area contributed by atoms with E-state index in [0.717, 1.165) is 25.2 Å². The lowest BCUT2D eigenvalue weighted by atomic mass is 10.1. The molecule has 4 aromatic rings. The fraction of sp³-hybridized carbons (Fsp3) is 0.300. The molecular weight excluding hydrogens is 368 g/mol. The molecule has 4 heterocycles. The van der Waals surface area contributed by atoms with Crippen LogP contribution < -0.4 is 11.4 Å². The molecule has 0 unspecified atom stereocenters. The van der Waals surface area contributed by atoms with Crippen molar-refractivity contribution >= 4 is 17.0 Å². The van der Waals surface area contributed by atoms with E-state index in [0.29, 0.717) is 29.4 Å². The summed E-state index contributed by atoms with van der Waals surface area (Å²) >= 11 is 0. The molecule has 5 rings (SSSR count). The predicted molar refractivity (Wildman–Crippen MR) is 110 cm³/mol. The van der Waals surface area contributed by atoms with Crippen molar-refractivity contribution in [3.8, 4) is 11.6 Å². The van der Waals surface area contributed by atoms with Crippen molar-refractivity contribution in [2.24, 2.45) is 0 Å². The molecule has 1 aromatic carbocycles. The van der Waals surface area contributed by atoms with Gasteiger partial charge in [-0.25, -0.2) is 19.7 Å². The minimum Gasteiger partial charge on any atom is -0.382 e. The summed E-state index contributed by atoms with van der Waals surface area (Å²) < 4.78 is 1.59. The predicted octanol–water partition coefficient (Wildman–Crippen LogP) is 1.74. The zero-order valence-corrected chi connectivity index (χ0v) is 15.9. The number of nitrogens with one attached hydrogen (secondary N) is 2. The zero-order chi connectivity index (χ0) is 19.8. The molecule has 9 nitrogen and oxygen atoms in total. The zero-order valence-electron chi connectivity index (χ0n) is 15.9. The summed E-state index contributed by atoms with van der Waals surface area (Å²) in [5, 5.41) is 0. The number of nitrogen functional groups attached to an aromatic ring is 1. The minimum absolute atomic E-state index is 0.222. The standard InChI is InChI=1S/C20H22N8O/c21-16-15-19(26-18(25-16)17-22-6-7-23-17)28(20(29)24-15)12-14-5-3-4-13(10-14)11-27-8-1-2-9-27/h3-7,10H,1-2,8-9,11-12H2,(H,22,23)(H,24,29)(H2,21,25,26). The Labute approximate surface area is 166 Å². The third-order valence-electron chi connectivity index (χ3n) is 5.30. The number of H-pyrrole nitrogens is 2. The normalized spacial score (nSPS) is 14.8. The van der Waals surface area contributed by atoms with Gasteiger partial charge in [0, 0.05) is 18.9 Å². The molecule has 0 bridgehead atoms. The summed E-state index contributed by atoms with van der Waals surface area (Å²) in [5.41, 5.74) is 9.02. The minimum atomic E-state index is -0.262. The molecule has 0 amide bonds. The Morgan fingerprint density at radius 3 is 2.66 bits per heavy atom. The fourth-order valence-electron chi connectivity index (χ4n) is 3.90. The van der Waals surface area contributed by atoms with Crippen molar-refractivity contribution in [2.45, 2.75) is 25.9 Å². The van der Waals surface area contributed by atoms with Crippen LogP contribution in [0.1, 0.15) is 24.0 Å². The van der Waals surface area contributed by atoms with Crippen LogP contribution in [-0.4, -0.2) is 47.5 Å². The molecule has 0 saturated carbocycles. The van der Waals surface area contributed by atoms with Gasteiger partial charge in [0.15, 0.2) is 23.1 Å². The highest BCUT2D eigenvalue weighted by Gasteiger charge is 2.16. The third-order valence-corrected chi connectivity index (χ3v) is 5.30. The largest absolute Gasteiger partial charge is 0.382 e. The van der Waals surface area contributed by atoms with E-state index in [1.165, 1.54) is 18.4 Å². The van der Waals surface area contributed by atoms with Gasteiger partial charge in [-0.2, -0.15) is 0 Å². The van der Waals surface area contributed by atoms with Gasteiger partial charge in [0.1, 0.15) is 5.52 Å². The van der Waals surface area contributed by atoms with E-state index in [2.05, 4.69) is 42.0 Å². The topological polar surface area (TPSA) is 122 Å². The Kier molecular flexibility index (Phi) is 4.36. The van der Waals surface area contributed by atoms with Crippen molar-refractivity contribution in [1.82, 2.24) is 34.4 Å². The SMILES string of the molecule is Nc1nc(-c2ncc[nH]2)nc2c1[nH]c(=O)n2Cc1cccc(CN2CCCC2)c1. The van der Waals surface area contributed by atoms with Crippen molar-refractivity contribution in [3.63, 3.8) is 0 Å². The number of benzene rings is 1. The van der Waals surface area contributed by atoms with Gasteiger partial charge in [-0.15, -0.1) is 0 Å². The molecule has 0 aliphatic carbocycles. The van der Waals surface area contributed by atoms with E-state index in [1.54, 1.807) is 17.0 Å². The van der Waals surface area contributed by atoms with Gasteiger partial charge in [-0.3, -0.25) is 9.47 Å². The molecule has 0 atom stereocenters. The number of hydrogen-bond acceptors (Lipinski definition) is 6. The fourth-order valence-corrected chi connectivity index (χ4v) is 3.90. The smallest absolute Gasteiger partial charge is 0.328 e. The number of nitrogens with zero attached hydrogens (tertiary/aromatic N) is 5. The van der Waals surface area contributed by atoms with Crippen LogP contribution in [0.4, 0.5) is 5.82 Å². The van der Waals surface area contributed by atoms with E-state index in [4.69, 9.17) is 5.73 Å². The number of nitrogens with two attached hydrogens (primary N) is 1. The maximum absolute atomic E-state index is 12.6. The van der Waals surface area contributed by atoms with Gasteiger partial charge in [-0.05, 0) is 37.1 Å². The first-order chi connectivity index (χ1) is 14.2. The number of rotatable bonds is 5. The first-order valence-electron chi connectivity index (χ1n) is 9.73. The van der Waals surface area contributed by atoms with E-state index >= 15 is 0 Å². The second kappa shape index (κ2) is 7.17. The van der Waals surface area contributed by atoms with Gasteiger partial charge in [-0.1, -0.05) is 24.3 Å². The monoisotopic (exact) mass is 390 g/mol. The average molecular weight is 390 g/mol. The van der Waals surface area contributed by atoms with Crippen LogP contribution in [0.2, 0.25) is 0 Å². The summed E-state index contributed by atoms with van der Waals surface area (Å²) in [6, 6.07) is 8.35. The Morgan fingerprint density at radius 2 is 1.90 bits per heavy atom. The maximum atomic E-state index is 12.6. The van der Waals surface area contributed by atoms with Gasteiger partial charge in [0.2, 0.25) is 0 Å². The molecule has 1 fully saturated rings. The average Bonchev–Trinajstić information content (AvgIpc) is 3.46. The first-order valence-corrected chi connectivity index (χ1v) is 9.73. The van der Waals surface area contributed by atoms with Crippen molar-refractivity contribution < 1.29 is 0 Å². The summed E-state index contributed by atoms with van der Waals surface area (Å²) in [6.07, 6.45) is 5.84. The number of fused-ring (bicyclic) bond motifs is 1.